The zero-order valence-electron chi connectivity index (χ0n) is 14.6. The minimum absolute atomic E-state index is 0.332. The summed E-state index contributed by atoms with van der Waals surface area (Å²) >= 11 is 0. The highest BCUT2D eigenvalue weighted by Gasteiger charge is 2.37. The highest BCUT2D eigenvalue weighted by Crippen LogP contribution is 2.48. The van der Waals surface area contributed by atoms with Gasteiger partial charge in [0.25, 0.3) is 0 Å². The molecule has 6 heteroatoms. The molecule has 0 spiro atoms. The summed E-state index contributed by atoms with van der Waals surface area (Å²) in [6, 6.07) is 9.42. The molecule has 3 rings (SSSR count). The molecule has 0 saturated heterocycles. The lowest BCUT2D eigenvalue weighted by Crippen LogP contribution is -2.03. The van der Waals surface area contributed by atoms with E-state index in [9.17, 15) is 4.79 Å². The number of benzene rings is 2. The smallest absolute Gasteiger partial charge is 0.343 e. The molecule has 6 nitrogen and oxygen atoms in total. The van der Waals surface area contributed by atoms with Crippen LogP contribution in [0.15, 0.2) is 30.3 Å². The van der Waals surface area contributed by atoms with E-state index in [-0.39, 0.29) is 0 Å². The Morgan fingerprint density at radius 2 is 1.60 bits per heavy atom. The topological polar surface area (TPSA) is 63.2 Å². The van der Waals surface area contributed by atoms with Crippen molar-refractivity contribution >= 4 is 5.97 Å². The van der Waals surface area contributed by atoms with Crippen LogP contribution in [-0.4, -0.2) is 34.4 Å². The minimum Gasteiger partial charge on any atom is -0.497 e. The number of carbonyl (C=O) groups is 1. The Labute approximate surface area is 146 Å². The van der Waals surface area contributed by atoms with Gasteiger partial charge >= 0.3 is 5.97 Å². The maximum Gasteiger partial charge on any atom is 0.343 e. The van der Waals surface area contributed by atoms with E-state index in [4.69, 9.17) is 23.7 Å². The third-order valence-corrected chi connectivity index (χ3v) is 4.24. The summed E-state index contributed by atoms with van der Waals surface area (Å²) < 4.78 is 26.9. The van der Waals surface area contributed by atoms with Crippen molar-refractivity contribution in [1.29, 1.82) is 0 Å². The van der Waals surface area contributed by atoms with Gasteiger partial charge in [-0.15, -0.1) is 0 Å². The first-order valence-corrected chi connectivity index (χ1v) is 7.79. The summed E-state index contributed by atoms with van der Waals surface area (Å²) in [6.45, 7) is 0. The van der Waals surface area contributed by atoms with E-state index in [0.717, 1.165) is 16.9 Å². The van der Waals surface area contributed by atoms with E-state index in [1.807, 2.05) is 24.3 Å². The average molecular weight is 344 g/mol. The second-order valence-electron chi connectivity index (χ2n) is 5.56. The highest BCUT2D eigenvalue weighted by atomic mass is 16.6. The van der Waals surface area contributed by atoms with E-state index in [1.165, 1.54) is 14.2 Å². The quantitative estimate of drug-likeness (QED) is 0.750. The zero-order valence-corrected chi connectivity index (χ0v) is 14.6. The summed E-state index contributed by atoms with van der Waals surface area (Å²) in [5.41, 5.74) is 2.15. The molecular formula is C19H20O6. The van der Waals surface area contributed by atoms with Crippen LogP contribution in [0.5, 0.6) is 23.0 Å². The number of hydrogen-bond acceptors (Lipinski definition) is 6. The van der Waals surface area contributed by atoms with Gasteiger partial charge < -0.3 is 23.7 Å². The van der Waals surface area contributed by atoms with Gasteiger partial charge in [-0.3, -0.25) is 0 Å². The molecule has 1 heterocycles. The number of ether oxygens (including phenoxy) is 5. The molecule has 1 aliphatic rings. The van der Waals surface area contributed by atoms with Gasteiger partial charge in [-0.25, -0.2) is 4.79 Å². The molecule has 2 aromatic carbocycles. The van der Waals surface area contributed by atoms with E-state index in [1.54, 1.807) is 20.3 Å². The molecule has 1 aliphatic heterocycles. The van der Waals surface area contributed by atoms with Crippen molar-refractivity contribution in [1.82, 2.24) is 0 Å². The Kier molecular flexibility index (Phi) is 4.70. The van der Waals surface area contributed by atoms with Crippen LogP contribution in [0.3, 0.4) is 0 Å². The van der Waals surface area contributed by atoms with Crippen LogP contribution in [0, 0.1) is 0 Å². The normalized spacial score (nSPS) is 15.4. The Bertz CT molecular complexity index is 781. The van der Waals surface area contributed by atoms with Gasteiger partial charge in [0.05, 0.1) is 28.4 Å². The van der Waals surface area contributed by atoms with Crippen LogP contribution in [0.25, 0.3) is 0 Å². The predicted octanol–water partition coefficient (Wildman–Crippen LogP) is 3.18. The lowest BCUT2D eigenvalue weighted by Gasteiger charge is -2.16. The maximum absolute atomic E-state index is 12.4. The first-order chi connectivity index (χ1) is 12.1. The SMILES string of the molecule is COc1ccc(CC2OC(=O)c3c2cc(OC)c(OC)c3OC)cc1. The number of cyclic esters (lactones) is 1. The molecule has 0 aliphatic carbocycles. The standard InChI is InChI=1S/C19H20O6/c1-21-12-7-5-11(6-8-12)9-14-13-10-15(22-2)17(23-3)18(24-4)16(13)19(20)25-14/h5-8,10,14H,9H2,1-4H3. The highest BCUT2D eigenvalue weighted by molar-refractivity contribution is 5.98. The average Bonchev–Trinajstić information content (AvgIpc) is 2.95. The molecule has 0 aromatic heterocycles. The molecule has 1 unspecified atom stereocenters. The van der Waals surface area contributed by atoms with Crippen molar-refractivity contribution in [2.75, 3.05) is 28.4 Å². The van der Waals surface area contributed by atoms with Crippen molar-refractivity contribution in [2.24, 2.45) is 0 Å². The second-order valence-corrected chi connectivity index (χ2v) is 5.56. The van der Waals surface area contributed by atoms with Gasteiger partial charge in [-0.2, -0.15) is 0 Å². The Morgan fingerprint density at radius 3 is 2.16 bits per heavy atom. The molecular weight excluding hydrogens is 324 g/mol. The molecule has 25 heavy (non-hydrogen) atoms. The Balaban J connectivity index is 2.00. The fraction of sp³-hybridized carbons (Fsp3) is 0.316. The maximum atomic E-state index is 12.4. The fourth-order valence-electron chi connectivity index (χ4n) is 3.02. The number of hydrogen-bond donors (Lipinski definition) is 0. The van der Waals surface area contributed by atoms with E-state index in [2.05, 4.69) is 0 Å². The Morgan fingerprint density at radius 1 is 0.920 bits per heavy atom. The van der Waals surface area contributed by atoms with Crippen molar-refractivity contribution < 1.29 is 28.5 Å². The fourth-order valence-corrected chi connectivity index (χ4v) is 3.02. The molecule has 0 fully saturated rings. The van der Waals surface area contributed by atoms with Gasteiger partial charge in [-0.05, 0) is 23.8 Å². The van der Waals surface area contributed by atoms with Gasteiger partial charge in [0, 0.05) is 12.0 Å². The van der Waals surface area contributed by atoms with Crippen molar-refractivity contribution in [2.45, 2.75) is 12.5 Å². The lowest BCUT2D eigenvalue weighted by molar-refractivity contribution is 0.0385. The summed E-state index contributed by atoms with van der Waals surface area (Å²) in [5, 5.41) is 0. The van der Waals surface area contributed by atoms with Crippen LogP contribution >= 0.6 is 0 Å². The molecule has 132 valence electrons. The number of rotatable bonds is 6. The van der Waals surface area contributed by atoms with Crippen LogP contribution < -0.4 is 18.9 Å². The van der Waals surface area contributed by atoms with E-state index >= 15 is 0 Å². The van der Waals surface area contributed by atoms with Crippen LogP contribution in [0.1, 0.15) is 27.6 Å². The summed E-state index contributed by atoms with van der Waals surface area (Å²) in [7, 11) is 6.15. The monoisotopic (exact) mass is 344 g/mol. The minimum atomic E-state index is -0.425. The van der Waals surface area contributed by atoms with Crippen molar-refractivity contribution in [3.8, 4) is 23.0 Å². The molecule has 0 N–H and O–H groups in total. The number of esters is 1. The second kappa shape index (κ2) is 6.93. The molecule has 2 aromatic rings. The number of carbonyl (C=O) groups excluding carboxylic acids is 1. The molecule has 1 atom stereocenters. The third-order valence-electron chi connectivity index (χ3n) is 4.24. The van der Waals surface area contributed by atoms with Gasteiger partial charge in [0.15, 0.2) is 11.5 Å². The van der Waals surface area contributed by atoms with E-state index < -0.39 is 12.1 Å². The first-order valence-electron chi connectivity index (χ1n) is 7.79. The molecule has 0 amide bonds. The summed E-state index contributed by atoms with van der Waals surface area (Å²) in [6.07, 6.45) is 0.131. The van der Waals surface area contributed by atoms with Gasteiger partial charge in [-0.1, -0.05) is 12.1 Å². The van der Waals surface area contributed by atoms with Crippen LogP contribution in [0.2, 0.25) is 0 Å². The van der Waals surface area contributed by atoms with Crippen molar-refractivity contribution in [3.05, 3.63) is 47.0 Å². The van der Waals surface area contributed by atoms with Crippen LogP contribution in [0.4, 0.5) is 0 Å². The van der Waals surface area contributed by atoms with Crippen LogP contribution in [-0.2, 0) is 11.2 Å². The van der Waals surface area contributed by atoms with E-state index in [0.29, 0.717) is 29.2 Å². The van der Waals surface area contributed by atoms with Crippen molar-refractivity contribution in [3.63, 3.8) is 0 Å². The molecule has 0 bridgehead atoms. The first kappa shape index (κ1) is 17.0. The summed E-state index contributed by atoms with van der Waals surface area (Å²) in [5.74, 6) is 1.56. The Hall–Kier alpha value is -2.89. The molecule has 0 saturated carbocycles. The van der Waals surface area contributed by atoms with Gasteiger partial charge in [0.1, 0.15) is 17.4 Å². The zero-order chi connectivity index (χ0) is 18.0. The third kappa shape index (κ3) is 2.95. The number of fused-ring (bicyclic) bond motifs is 1. The number of methoxy groups -OCH3 is 4. The largest absolute Gasteiger partial charge is 0.497 e. The molecule has 0 radical (unpaired) electrons. The predicted molar refractivity (Wildman–Crippen MR) is 91.0 cm³/mol. The van der Waals surface area contributed by atoms with Gasteiger partial charge in [0.2, 0.25) is 5.75 Å². The lowest BCUT2D eigenvalue weighted by atomic mass is 9.97. The summed E-state index contributed by atoms with van der Waals surface area (Å²) in [4.78, 5) is 12.4.